The summed E-state index contributed by atoms with van der Waals surface area (Å²) in [6.07, 6.45) is 0. The fraction of sp³-hybridized carbons (Fsp3) is 0.250. The first-order valence-electron chi connectivity index (χ1n) is 7.82. The number of hydrogen-bond acceptors (Lipinski definition) is 5. The van der Waals surface area contributed by atoms with Crippen LogP contribution < -0.4 is 20.1 Å². The molecule has 0 bridgehead atoms. The van der Waals surface area contributed by atoms with Gasteiger partial charge in [-0.2, -0.15) is 0 Å². The van der Waals surface area contributed by atoms with Crippen LogP contribution in [0.3, 0.4) is 0 Å². The Morgan fingerprint density at radius 2 is 0.926 bits per heavy atom. The summed E-state index contributed by atoms with van der Waals surface area (Å²) in [5.74, 6) is 0.939. The molecule has 0 radical (unpaired) electrons. The number of benzene rings is 2. The maximum atomic E-state index is 11.1. The maximum Gasteiger partial charge on any atom is 0.356 e. The molecule has 148 valence electrons. The minimum atomic E-state index is -4.25. The lowest BCUT2D eigenvalue weighted by Crippen LogP contribution is -2.12. The first-order chi connectivity index (χ1) is 12.7. The second-order valence-electron chi connectivity index (χ2n) is 5.39. The van der Waals surface area contributed by atoms with Crippen molar-refractivity contribution >= 4 is 25.8 Å². The molecule has 0 fully saturated rings. The summed E-state index contributed by atoms with van der Waals surface area (Å²) >= 11 is 0. The molecule has 2 aromatic carbocycles. The minimum absolute atomic E-state index is 0.0722. The average Bonchev–Trinajstić information content (AvgIpc) is 2.60. The molecule has 0 amide bonds. The summed E-state index contributed by atoms with van der Waals surface area (Å²) in [4.78, 5) is 36.0. The van der Waals surface area contributed by atoms with E-state index in [1.807, 2.05) is 0 Å². The van der Waals surface area contributed by atoms with E-state index in [1.165, 1.54) is 48.5 Å². The van der Waals surface area contributed by atoms with Crippen molar-refractivity contribution in [3.63, 3.8) is 0 Å². The van der Waals surface area contributed by atoms with Gasteiger partial charge in [0.15, 0.2) is 0 Å². The predicted molar refractivity (Wildman–Crippen MR) is 98.0 cm³/mol. The van der Waals surface area contributed by atoms with Crippen molar-refractivity contribution in [2.45, 2.75) is 0 Å². The maximum absolute atomic E-state index is 11.1. The third-order valence-electron chi connectivity index (χ3n) is 3.34. The summed E-state index contributed by atoms with van der Waals surface area (Å²) in [5.41, 5.74) is 0. The molecular formula is C16H20O9P2. The largest absolute Gasteiger partial charge is 0.491 e. The van der Waals surface area contributed by atoms with Crippen LogP contribution in [0.5, 0.6) is 11.5 Å². The molecular weight excluding hydrogens is 398 g/mol. The van der Waals surface area contributed by atoms with Gasteiger partial charge in [-0.3, -0.25) is 9.13 Å². The van der Waals surface area contributed by atoms with E-state index in [-0.39, 0.29) is 23.8 Å². The Labute approximate surface area is 155 Å². The minimum Gasteiger partial charge on any atom is -0.491 e. The second-order valence-corrected chi connectivity index (χ2v) is 8.59. The molecule has 0 atom stereocenters. The van der Waals surface area contributed by atoms with Crippen LogP contribution in [-0.4, -0.2) is 46.0 Å². The van der Waals surface area contributed by atoms with Crippen LogP contribution in [-0.2, 0) is 13.9 Å². The van der Waals surface area contributed by atoms with Gasteiger partial charge in [-0.1, -0.05) is 0 Å². The molecule has 0 aromatic heterocycles. The van der Waals surface area contributed by atoms with Crippen LogP contribution >= 0.6 is 15.2 Å². The Hall–Kier alpha value is -1.70. The highest BCUT2D eigenvalue weighted by Gasteiger charge is 2.17. The quantitative estimate of drug-likeness (QED) is 0.325. The smallest absolute Gasteiger partial charge is 0.356 e. The fourth-order valence-electron chi connectivity index (χ4n) is 2.01. The van der Waals surface area contributed by atoms with E-state index < -0.39 is 15.2 Å². The summed E-state index contributed by atoms with van der Waals surface area (Å²) < 4.78 is 38.2. The molecule has 0 aliphatic heterocycles. The highest BCUT2D eigenvalue weighted by Crippen LogP contribution is 2.34. The zero-order valence-corrected chi connectivity index (χ0v) is 16.0. The van der Waals surface area contributed by atoms with Gasteiger partial charge in [0, 0.05) is 0 Å². The Bertz CT molecular complexity index is 739. The normalized spacial score (nSPS) is 12.0. The van der Waals surface area contributed by atoms with E-state index >= 15 is 0 Å². The van der Waals surface area contributed by atoms with E-state index in [0.29, 0.717) is 24.7 Å². The first-order valence-corrected chi connectivity index (χ1v) is 11.0. The van der Waals surface area contributed by atoms with Gasteiger partial charge in [-0.15, -0.1) is 0 Å². The van der Waals surface area contributed by atoms with Crippen molar-refractivity contribution in [1.29, 1.82) is 0 Å². The summed E-state index contributed by atoms with van der Waals surface area (Å²) in [6, 6.07) is 11.1. The van der Waals surface area contributed by atoms with Crippen LogP contribution in [0.25, 0.3) is 0 Å². The van der Waals surface area contributed by atoms with Crippen molar-refractivity contribution in [1.82, 2.24) is 0 Å². The highest BCUT2D eigenvalue weighted by molar-refractivity contribution is 7.60. The molecule has 0 spiro atoms. The lowest BCUT2D eigenvalue weighted by atomic mass is 10.3. The van der Waals surface area contributed by atoms with Crippen molar-refractivity contribution in [2.75, 3.05) is 26.4 Å². The van der Waals surface area contributed by atoms with E-state index in [1.54, 1.807) is 0 Å². The molecule has 2 aromatic rings. The van der Waals surface area contributed by atoms with Gasteiger partial charge < -0.3 is 33.8 Å². The van der Waals surface area contributed by atoms with E-state index in [2.05, 4.69) is 0 Å². The standard InChI is InChI=1S/C16H20O9P2/c17-26(18,19)15-5-1-13(2-6-15)24-11-9-23-10-12-25-14-3-7-16(8-4-14)27(20,21)22/h1-8H,9-12H2,(H2,17,18,19)(H2,20,21,22). The summed E-state index contributed by atoms with van der Waals surface area (Å²) in [6.45, 7) is 1.10. The van der Waals surface area contributed by atoms with Gasteiger partial charge in [0.25, 0.3) is 0 Å². The van der Waals surface area contributed by atoms with Crippen LogP contribution in [0, 0.1) is 0 Å². The van der Waals surface area contributed by atoms with Gasteiger partial charge >= 0.3 is 15.2 Å². The predicted octanol–water partition coefficient (Wildman–Crippen LogP) is 0.767. The van der Waals surface area contributed by atoms with Crippen LogP contribution in [0.4, 0.5) is 0 Å². The Morgan fingerprint density at radius 3 is 1.22 bits per heavy atom. The van der Waals surface area contributed by atoms with Gasteiger partial charge in [-0.05, 0) is 48.5 Å². The highest BCUT2D eigenvalue weighted by atomic mass is 31.2. The monoisotopic (exact) mass is 418 g/mol. The van der Waals surface area contributed by atoms with Gasteiger partial charge in [0.1, 0.15) is 24.7 Å². The Kier molecular flexibility index (Phi) is 7.59. The Balaban J connectivity index is 1.61. The van der Waals surface area contributed by atoms with Crippen molar-refractivity contribution in [3.05, 3.63) is 48.5 Å². The molecule has 9 nitrogen and oxygen atoms in total. The molecule has 4 N–H and O–H groups in total. The van der Waals surface area contributed by atoms with E-state index in [4.69, 9.17) is 33.8 Å². The average molecular weight is 418 g/mol. The van der Waals surface area contributed by atoms with Crippen LogP contribution in [0.2, 0.25) is 0 Å². The summed E-state index contributed by atoms with van der Waals surface area (Å²) in [5, 5.41) is -0.144. The number of ether oxygens (including phenoxy) is 3. The van der Waals surface area contributed by atoms with Gasteiger partial charge in [0.05, 0.1) is 23.8 Å². The molecule has 0 saturated carbocycles. The topological polar surface area (TPSA) is 143 Å². The molecule has 27 heavy (non-hydrogen) atoms. The number of hydrogen-bond donors (Lipinski definition) is 4. The summed E-state index contributed by atoms with van der Waals surface area (Å²) in [7, 11) is -8.50. The zero-order valence-electron chi connectivity index (χ0n) is 14.2. The van der Waals surface area contributed by atoms with Crippen LogP contribution in [0.1, 0.15) is 0 Å². The SMILES string of the molecule is O=P(O)(O)c1ccc(OCCOCCOc2ccc(P(=O)(O)O)cc2)cc1. The third-order valence-corrected chi connectivity index (χ3v) is 5.28. The zero-order chi connectivity index (χ0) is 19.9. The molecule has 0 aliphatic carbocycles. The third kappa shape index (κ3) is 7.44. The van der Waals surface area contributed by atoms with Gasteiger partial charge in [-0.25, -0.2) is 0 Å². The lowest BCUT2D eigenvalue weighted by molar-refractivity contribution is 0.0764. The fourth-order valence-corrected chi connectivity index (χ4v) is 3.09. The van der Waals surface area contributed by atoms with Crippen molar-refractivity contribution < 1.29 is 42.9 Å². The van der Waals surface area contributed by atoms with Crippen LogP contribution in [0.15, 0.2) is 48.5 Å². The first kappa shape index (κ1) is 21.6. The van der Waals surface area contributed by atoms with E-state index in [9.17, 15) is 9.13 Å². The van der Waals surface area contributed by atoms with E-state index in [0.717, 1.165) is 0 Å². The molecule has 0 unspecified atom stereocenters. The lowest BCUT2D eigenvalue weighted by Gasteiger charge is -2.10. The molecule has 2 rings (SSSR count). The van der Waals surface area contributed by atoms with Gasteiger partial charge in [0.2, 0.25) is 0 Å². The molecule has 0 aliphatic rings. The number of rotatable bonds is 10. The van der Waals surface area contributed by atoms with Crippen molar-refractivity contribution in [3.8, 4) is 11.5 Å². The molecule has 0 heterocycles. The molecule has 11 heteroatoms. The Morgan fingerprint density at radius 1 is 0.593 bits per heavy atom. The molecule has 0 saturated heterocycles. The second kappa shape index (κ2) is 9.48. The van der Waals surface area contributed by atoms with Crippen molar-refractivity contribution in [2.24, 2.45) is 0 Å².